The summed E-state index contributed by atoms with van der Waals surface area (Å²) >= 11 is 8.49. The van der Waals surface area contributed by atoms with Gasteiger partial charge in [-0.1, -0.05) is 17.7 Å². The van der Waals surface area contributed by atoms with E-state index in [1.807, 2.05) is 11.8 Å². The van der Waals surface area contributed by atoms with Crippen LogP contribution in [0.5, 0.6) is 0 Å². The standard InChI is InChI=1S/C15H23ClN2OS/c1-19-8-5-17-12-13-3-4-15(14(16)11-13)18-6-2-9-20-10-7-18/h3-4,11,17H,2,5-10,12H2,1H3. The Kier molecular flexibility index (Phi) is 7.00. The first-order valence-corrected chi connectivity index (χ1v) is 8.65. The highest BCUT2D eigenvalue weighted by molar-refractivity contribution is 7.99. The number of ether oxygens (including phenoxy) is 1. The Balaban J connectivity index is 1.94. The number of hydrogen-bond donors (Lipinski definition) is 1. The molecule has 0 aliphatic carbocycles. The van der Waals surface area contributed by atoms with Gasteiger partial charge >= 0.3 is 0 Å². The molecule has 0 saturated carbocycles. The zero-order chi connectivity index (χ0) is 14.2. The molecule has 1 aromatic rings. The van der Waals surface area contributed by atoms with Crippen molar-refractivity contribution in [3.63, 3.8) is 0 Å². The predicted molar refractivity (Wildman–Crippen MR) is 89.2 cm³/mol. The molecule has 1 heterocycles. The van der Waals surface area contributed by atoms with Crippen LogP contribution in [0.2, 0.25) is 5.02 Å². The lowest BCUT2D eigenvalue weighted by molar-refractivity contribution is 0.199. The lowest BCUT2D eigenvalue weighted by atomic mass is 10.2. The zero-order valence-electron chi connectivity index (χ0n) is 12.0. The average molecular weight is 315 g/mol. The fourth-order valence-electron chi connectivity index (χ4n) is 2.31. The van der Waals surface area contributed by atoms with Crippen LogP contribution in [-0.2, 0) is 11.3 Å². The topological polar surface area (TPSA) is 24.5 Å². The Morgan fingerprint density at radius 1 is 1.35 bits per heavy atom. The van der Waals surface area contributed by atoms with Gasteiger partial charge in [0.1, 0.15) is 0 Å². The Morgan fingerprint density at radius 3 is 3.05 bits per heavy atom. The fraction of sp³-hybridized carbons (Fsp3) is 0.600. The molecule has 20 heavy (non-hydrogen) atoms. The van der Waals surface area contributed by atoms with E-state index in [-0.39, 0.29) is 0 Å². The van der Waals surface area contributed by atoms with Crippen LogP contribution in [0.1, 0.15) is 12.0 Å². The minimum absolute atomic E-state index is 0.733. The molecule has 0 atom stereocenters. The van der Waals surface area contributed by atoms with E-state index >= 15 is 0 Å². The van der Waals surface area contributed by atoms with Gasteiger partial charge in [-0.25, -0.2) is 0 Å². The third kappa shape index (κ3) is 4.85. The molecule has 0 aromatic heterocycles. The first-order chi connectivity index (χ1) is 9.81. The summed E-state index contributed by atoms with van der Waals surface area (Å²) in [5.41, 5.74) is 2.40. The number of hydrogen-bond acceptors (Lipinski definition) is 4. The number of benzene rings is 1. The molecule has 1 N–H and O–H groups in total. The minimum atomic E-state index is 0.733. The van der Waals surface area contributed by atoms with Crippen molar-refractivity contribution in [1.82, 2.24) is 5.32 Å². The summed E-state index contributed by atoms with van der Waals surface area (Å²) in [6.07, 6.45) is 1.24. The second kappa shape index (κ2) is 8.78. The first kappa shape index (κ1) is 16.0. The van der Waals surface area contributed by atoms with E-state index in [9.17, 15) is 0 Å². The fourth-order valence-corrected chi connectivity index (χ4v) is 3.52. The van der Waals surface area contributed by atoms with Crippen LogP contribution < -0.4 is 10.2 Å². The number of nitrogens with zero attached hydrogens (tertiary/aromatic N) is 1. The summed E-state index contributed by atoms with van der Waals surface area (Å²) in [6.45, 7) is 4.63. The van der Waals surface area contributed by atoms with Crippen molar-refractivity contribution in [3.8, 4) is 0 Å². The maximum atomic E-state index is 6.46. The second-order valence-corrected chi connectivity index (χ2v) is 6.54. The molecule has 0 spiro atoms. The third-order valence-electron chi connectivity index (χ3n) is 3.39. The summed E-state index contributed by atoms with van der Waals surface area (Å²) in [5.74, 6) is 2.45. The van der Waals surface area contributed by atoms with Crippen LogP contribution in [0.15, 0.2) is 18.2 Å². The third-order valence-corrected chi connectivity index (χ3v) is 4.74. The minimum Gasteiger partial charge on any atom is -0.383 e. The number of nitrogens with one attached hydrogen (secondary N) is 1. The molecule has 112 valence electrons. The molecular formula is C15H23ClN2OS. The van der Waals surface area contributed by atoms with Gasteiger partial charge in [-0.3, -0.25) is 0 Å². The van der Waals surface area contributed by atoms with E-state index in [0.717, 1.165) is 37.8 Å². The summed E-state index contributed by atoms with van der Waals surface area (Å²) in [5, 5.41) is 4.20. The van der Waals surface area contributed by atoms with Crippen molar-refractivity contribution in [3.05, 3.63) is 28.8 Å². The number of thioether (sulfide) groups is 1. The molecule has 3 nitrogen and oxygen atoms in total. The quantitative estimate of drug-likeness (QED) is 0.816. The van der Waals surface area contributed by atoms with Crippen LogP contribution in [0.3, 0.4) is 0 Å². The van der Waals surface area contributed by atoms with Gasteiger partial charge in [0.15, 0.2) is 0 Å². The maximum Gasteiger partial charge on any atom is 0.0642 e. The first-order valence-electron chi connectivity index (χ1n) is 7.12. The summed E-state index contributed by atoms with van der Waals surface area (Å²) in [4.78, 5) is 2.41. The highest BCUT2D eigenvalue weighted by atomic mass is 35.5. The molecule has 1 saturated heterocycles. The Labute approximate surface area is 131 Å². The smallest absolute Gasteiger partial charge is 0.0642 e. The summed E-state index contributed by atoms with van der Waals surface area (Å²) in [6, 6.07) is 6.40. The van der Waals surface area contributed by atoms with Crippen molar-refractivity contribution in [2.45, 2.75) is 13.0 Å². The van der Waals surface area contributed by atoms with Crippen LogP contribution in [-0.4, -0.2) is 44.9 Å². The van der Waals surface area contributed by atoms with Crippen LogP contribution in [0.4, 0.5) is 5.69 Å². The van der Waals surface area contributed by atoms with E-state index in [0.29, 0.717) is 0 Å². The average Bonchev–Trinajstić information content (AvgIpc) is 2.73. The Morgan fingerprint density at radius 2 is 2.25 bits per heavy atom. The maximum absolute atomic E-state index is 6.46. The molecule has 2 rings (SSSR count). The largest absolute Gasteiger partial charge is 0.383 e. The molecule has 5 heteroatoms. The van der Waals surface area contributed by atoms with Crippen LogP contribution >= 0.6 is 23.4 Å². The molecule has 0 bridgehead atoms. The number of methoxy groups -OCH3 is 1. The number of rotatable bonds is 6. The zero-order valence-corrected chi connectivity index (χ0v) is 13.6. The Hall–Kier alpha value is -0.420. The summed E-state index contributed by atoms with van der Waals surface area (Å²) in [7, 11) is 1.72. The van der Waals surface area contributed by atoms with Crippen molar-refractivity contribution in [1.29, 1.82) is 0 Å². The molecule has 1 aromatic carbocycles. The van der Waals surface area contributed by atoms with Gasteiger partial charge in [0.2, 0.25) is 0 Å². The van der Waals surface area contributed by atoms with Gasteiger partial charge in [-0.15, -0.1) is 0 Å². The van der Waals surface area contributed by atoms with E-state index < -0.39 is 0 Å². The lowest BCUT2D eigenvalue weighted by Gasteiger charge is -2.24. The van der Waals surface area contributed by atoms with E-state index in [2.05, 4.69) is 28.4 Å². The monoisotopic (exact) mass is 314 g/mol. The SMILES string of the molecule is COCCNCc1ccc(N2CCCSCC2)c(Cl)c1. The molecule has 1 fully saturated rings. The molecule has 0 radical (unpaired) electrons. The normalized spacial score (nSPS) is 16.2. The Bertz CT molecular complexity index is 409. The van der Waals surface area contributed by atoms with Crippen molar-refractivity contribution >= 4 is 29.1 Å². The van der Waals surface area contributed by atoms with E-state index in [4.69, 9.17) is 16.3 Å². The molecule has 1 aliphatic heterocycles. The van der Waals surface area contributed by atoms with Gasteiger partial charge in [-0.2, -0.15) is 11.8 Å². The second-order valence-electron chi connectivity index (χ2n) is 4.91. The van der Waals surface area contributed by atoms with E-state index in [1.54, 1.807) is 7.11 Å². The summed E-state index contributed by atoms with van der Waals surface area (Å²) < 4.78 is 5.02. The van der Waals surface area contributed by atoms with Crippen LogP contribution in [0.25, 0.3) is 0 Å². The van der Waals surface area contributed by atoms with Gasteiger partial charge in [0.05, 0.1) is 17.3 Å². The van der Waals surface area contributed by atoms with Gasteiger partial charge in [0, 0.05) is 39.0 Å². The number of anilines is 1. The van der Waals surface area contributed by atoms with Gasteiger partial charge < -0.3 is 15.0 Å². The number of halogens is 1. The lowest BCUT2D eigenvalue weighted by Crippen LogP contribution is -2.25. The van der Waals surface area contributed by atoms with Crippen molar-refractivity contribution in [2.24, 2.45) is 0 Å². The van der Waals surface area contributed by atoms with Crippen molar-refractivity contribution in [2.75, 3.05) is 49.8 Å². The molecule has 1 aliphatic rings. The van der Waals surface area contributed by atoms with Gasteiger partial charge in [0.25, 0.3) is 0 Å². The van der Waals surface area contributed by atoms with Crippen LogP contribution in [0, 0.1) is 0 Å². The van der Waals surface area contributed by atoms with E-state index in [1.165, 1.54) is 29.2 Å². The van der Waals surface area contributed by atoms with Gasteiger partial charge in [-0.05, 0) is 29.9 Å². The molecular weight excluding hydrogens is 292 g/mol. The van der Waals surface area contributed by atoms with Crippen molar-refractivity contribution < 1.29 is 4.74 Å². The predicted octanol–water partition coefficient (Wildman–Crippen LogP) is 3.02. The highest BCUT2D eigenvalue weighted by Gasteiger charge is 2.13. The molecule has 0 amide bonds. The highest BCUT2D eigenvalue weighted by Crippen LogP contribution is 2.28. The molecule has 0 unspecified atom stereocenters.